The molecular formula is C14H15ClN2O3. The molecule has 0 radical (unpaired) electrons. The normalized spacial score (nSPS) is 10.8. The van der Waals surface area contributed by atoms with Crippen molar-refractivity contribution < 1.29 is 15.0 Å². The number of carboxylic acid groups (broad SMARTS) is 1. The average Bonchev–Trinajstić information content (AvgIpc) is 2.80. The van der Waals surface area contributed by atoms with E-state index in [4.69, 9.17) is 16.7 Å². The van der Waals surface area contributed by atoms with Crippen molar-refractivity contribution in [3.63, 3.8) is 0 Å². The second-order valence-corrected chi connectivity index (χ2v) is 4.95. The van der Waals surface area contributed by atoms with Crippen LogP contribution in [0.15, 0.2) is 24.4 Å². The molecule has 0 spiro atoms. The molecule has 2 aromatic rings. The van der Waals surface area contributed by atoms with Gasteiger partial charge in [0.2, 0.25) is 0 Å². The van der Waals surface area contributed by atoms with Crippen LogP contribution < -0.4 is 0 Å². The van der Waals surface area contributed by atoms with E-state index in [1.807, 2.05) is 6.92 Å². The van der Waals surface area contributed by atoms with Gasteiger partial charge in [0.05, 0.1) is 5.69 Å². The van der Waals surface area contributed by atoms with E-state index in [2.05, 4.69) is 5.10 Å². The summed E-state index contributed by atoms with van der Waals surface area (Å²) in [6.45, 7) is 1.90. The molecule has 2 rings (SSSR count). The van der Waals surface area contributed by atoms with E-state index in [9.17, 15) is 9.90 Å². The topological polar surface area (TPSA) is 75.4 Å². The number of aliphatic hydroxyl groups excluding tert-OH is 1. The first kappa shape index (κ1) is 14.6. The predicted molar refractivity (Wildman–Crippen MR) is 75.7 cm³/mol. The Morgan fingerprint density at radius 2 is 2.20 bits per heavy atom. The number of rotatable bonds is 5. The van der Waals surface area contributed by atoms with Gasteiger partial charge in [-0.05, 0) is 43.5 Å². The molecule has 0 fully saturated rings. The fourth-order valence-corrected chi connectivity index (χ4v) is 2.27. The van der Waals surface area contributed by atoms with E-state index in [0.29, 0.717) is 23.4 Å². The summed E-state index contributed by atoms with van der Waals surface area (Å²) >= 11 is 5.91. The number of aromatic carboxylic acids is 1. The average molecular weight is 295 g/mol. The highest BCUT2D eigenvalue weighted by Gasteiger charge is 2.16. The highest BCUT2D eigenvalue weighted by Crippen LogP contribution is 2.20. The quantitative estimate of drug-likeness (QED) is 0.888. The zero-order valence-electron chi connectivity index (χ0n) is 11.0. The first-order valence-electron chi connectivity index (χ1n) is 6.22. The van der Waals surface area contributed by atoms with E-state index in [0.717, 1.165) is 11.3 Å². The Labute approximate surface area is 121 Å². The number of aliphatic hydroxyl groups is 1. The van der Waals surface area contributed by atoms with Gasteiger partial charge in [-0.15, -0.1) is 0 Å². The fourth-order valence-electron chi connectivity index (χ4n) is 2.04. The number of halogens is 1. The first-order valence-corrected chi connectivity index (χ1v) is 6.60. The third kappa shape index (κ3) is 3.00. The highest BCUT2D eigenvalue weighted by atomic mass is 35.5. The third-order valence-electron chi connectivity index (χ3n) is 3.00. The van der Waals surface area contributed by atoms with Crippen LogP contribution in [0.5, 0.6) is 0 Å². The zero-order chi connectivity index (χ0) is 14.7. The lowest BCUT2D eigenvalue weighted by atomic mass is 10.1. The molecule has 0 aliphatic rings. The van der Waals surface area contributed by atoms with Crippen molar-refractivity contribution >= 4 is 17.6 Å². The molecule has 1 aromatic heterocycles. The van der Waals surface area contributed by atoms with Gasteiger partial charge in [-0.25, -0.2) is 9.48 Å². The van der Waals surface area contributed by atoms with Crippen molar-refractivity contribution in [3.8, 4) is 5.69 Å². The molecule has 0 atom stereocenters. The van der Waals surface area contributed by atoms with Gasteiger partial charge in [0.1, 0.15) is 0 Å². The van der Waals surface area contributed by atoms with Crippen LogP contribution >= 0.6 is 11.6 Å². The van der Waals surface area contributed by atoms with Crippen LogP contribution in [-0.4, -0.2) is 32.6 Å². The fraction of sp³-hybridized carbons (Fsp3) is 0.286. The highest BCUT2D eigenvalue weighted by molar-refractivity contribution is 6.30. The number of nitrogens with zero attached hydrogens (tertiary/aromatic N) is 2. The number of aromatic nitrogens is 2. The van der Waals surface area contributed by atoms with Crippen LogP contribution in [0.3, 0.4) is 0 Å². The van der Waals surface area contributed by atoms with Crippen molar-refractivity contribution in [1.29, 1.82) is 0 Å². The number of carboxylic acids is 1. The van der Waals surface area contributed by atoms with Gasteiger partial charge >= 0.3 is 5.97 Å². The van der Waals surface area contributed by atoms with E-state index < -0.39 is 5.97 Å². The van der Waals surface area contributed by atoms with E-state index in [1.54, 1.807) is 29.1 Å². The van der Waals surface area contributed by atoms with Gasteiger partial charge in [-0.3, -0.25) is 0 Å². The summed E-state index contributed by atoms with van der Waals surface area (Å²) < 4.78 is 1.54. The molecule has 5 nitrogen and oxygen atoms in total. The largest absolute Gasteiger partial charge is 0.476 e. The molecule has 0 saturated carbocycles. The first-order chi connectivity index (χ1) is 9.52. The van der Waals surface area contributed by atoms with Crippen molar-refractivity contribution in [2.45, 2.75) is 19.8 Å². The smallest absolute Gasteiger partial charge is 0.356 e. The third-order valence-corrected chi connectivity index (χ3v) is 3.24. The van der Waals surface area contributed by atoms with Crippen LogP contribution in [-0.2, 0) is 6.42 Å². The number of benzene rings is 1. The summed E-state index contributed by atoms with van der Waals surface area (Å²) in [7, 11) is 0. The summed E-state index contributed by atoms with van der Waals surface area (Å²) in [5.41, 5.74) is 2.33. The van der Waals surface area contributed by atoms with Crippen molar-refractivity contribution in [2.75, 3.05) is 6.61 Å². The van der Waals surface area contributed by atoms with E-state index in [1.165, 1.54) is 0 Å². The summed E-state index contributed by atoms with van der Waals surface area (Å²) in [6, 6.07) is 5.33. The summed E-state index contributed by atoms with van der Waals surface area (Å²) in [5.74, 6) is -1.07. The molecule has 1 heterocycles. The number of hydrogen-bond acceptors (Lipinski definition) is 3. The van der Waals surface area contributed by atoms with E-state index >= 15 is 0 Å². The maximum Gasteiger partial charge on any atom is 0.356 e. The van der Waals surface area contributed by atoms with E-state index in [-0.39, 0.29) is 12.3 Å². The minimum atomic E-state index is -1.07. The standard InChI is InChI=1S/C14H15ClN2O3/c1-9-7-11(15)4-5-12(9)17-8-10(3-2-6-18)13(16-17)14(19)20/h4-5,7-8,18H,2-3,6H2,1H3,(H,19,20). The van der Waals surface area contributed by atoms with Gasteiger partial charge in [0.15, 0.2) is 5.69 Å². The van der Waals surface area contributed by atoms with Crippen molar-refractivity contribution in [2.24, 2.45) is 0 Å². The molecule has 0 unspecified atom stereocenters. The molecule has 2 N–H and O–H groups in total. The minimum Gasteiger partial charge on any atom is -0.476 e. The van der Waals surface area contributed by atoms with Gasteiger partial charge in [-0.1, -0.05) is 11.6 Å². The van der Waals surface area contributed by atoms with Crippen LogP contribution in [0.4, 0.5) is 0 Å². The molecule has 6 heteroatoms. The number of carbonyl (C=O) groups is 1. The SMILES string of the molecule is Cc1cc(Cl)ccc1-n1cc(CCCO)c(C(=O)O)n1. The maximum absolute atomic E-state index is 11.2. The lowest BCUT2D eigenvalue weighted by Crippen LogP contribution is -2.04. The summed E-state index contributed by atoms with van der Waals surface area (Å²) in [4.78, 5) is 11.2. The predicted octanol–water partition coefficient (Wildman–Crippen LogP) is 2.46. The molecule has 0 amide bonds. The molecular weight excluding hydrogens is 280 g/mol. The molecule has 1 aromatic carbocycles. The van der Waals surface area contributed by atoms with Crippen LogP contribution in [0.2, 0.25) is 5.02 Å². The number of aryl methyl sites for hydroxylation is 2. The second kappa shape index (κ2) is 6.07. The number of hydrogen-bond donors (Lipinski definition) is 2. The Kier molecular flexibility index (Phi) is 4.42. The van der Waals surface area contributed by atoms with Crippen LogP contribution in [0, 0.1) is 6.92 Å². The Morgan fingerprint density at radius 3 is 2.80 bits per heavy atom. The maximum atomic E-state index is 11.2. The van der Waals surface area contributed by atoms with Gasteiger partial charge in [0.25, 0.3) is 0 Å². The Morgan fingerprint density at radius 1 is 1.45 bits per heavy atom. The Balaban J connectivity index is 2.44. The monoisotopic (exact) mass is 294 g/mol. The lowest BCUT2D eigenvalue weighted by molar-refractivity contribution is 0.0688. The zero-order valence-corrected chi connectivity index (χ0v) is 11.8. The molecule has 0 bridgehead atoms. The van der Waals surface area contributed by atoms with Crippen molar-refractivity contribution in [1.82, 2.24) is 9.78 Å². The minimum absolute atomic E-state index is 0.0181. The van der Waals surface area contributed by atoms with Gasteiger partial charge in [0, 0.05) is 23.4 Å². The van der Waals surface area contributed by atoms with Gasteiger partial charge in [-0.2, -0.15) is 5.10 Å². The molecule has 0 saturated heterocycles. The van der Waals surface area contributed by atoms with Crippen LogP contribution in [0.25, 0.3) is 5.69 Å². The lowest BCUT2D eigenvalue weighted by Gasteiger charge is -2.05. The molecule has 106 valence electrons. The second-order valence-electron chi connectivity index (χ2n) is 4.51. The summed E-state index contributed by atoms with van der Waals surface area (Å²) in [6.07, 6.45) is 2.67. The Bertz CT molecular complexity index is 637. The van der Waals surface area contributed by atoms with Gasteiger partial charge < -0.3 is 10.2 Å². The molecule has 20 heavy (non-hydrogen) atoms. The molecule has 0 aliphatic heterocycles. The summed E-state index contributed by atoms with van der Waals surface area (Å²) in [5, 5.41) is 22.8. The Hall–Kier alpha value is -1.85. The van der Waals surface area contributed by atoms with Crippen molar-refractivity contribution in [3.05, 3.63) is 46.2 Å². The van der Waals surface area contributed by atoms with Crippen LogP contribution in [0.1, 0.15) is 28.0 Å². The molecule has 0 aliphatic carbocycles.